The van der Waals surface area contributed by atoms with Gasteiger partial charge in [0.1, 0.15) is 5.76 Å². The fraction of sp³-hybridized carbons (Fsp3) is 0.414. The summed E-state index contributed by atoms with van der Waals surface area (Å²) in [7, 11) is 0. The minimum absolute atomic E-state index is 0. The van der Waals surface area contributed by atoms with Gasteiger partial charge in [-0.1, -0.05) is 62.5 Å². The lowest BCUT2D eigenvalue weighted by Gasteiger charge is -2.06. The average molecular weight is 581 g/mol. The largest absolute Gasteiger partial charge is 0.481 e. The van der Waals surface area contributed by atoms with E-state index >= 15 is 0 Å². The van der Waals surface area contributed by atoms with Gasteiger partial charge in [-0.15, -0.1) is 0 Å². The van der Waals surface area contributed by atoms with Gasteiger partial charge in [0.2, 0.25) is 5.91 Å². The van der Waals surface area contributed by atoms with Crippen molar-refractivity contribution in [3.05, 3.63) is 83.1 Å². The highest BCUT2D eigenvalue weighted by Crippen LogP contribution is 2.06. The van der Waals surface area contributed by atoms with Crippen LogP contribution < -0.4 is 22.5 Å². The van der Waals surface area contributed by atoms with Crippen molar-refractivity contribution < 1.29 is 40.2 Å². The van der Waals surface area contributed by atoms with Crippen molar-refractivity contribution in [1.82, 2.24) is 5.32 Å². The summed E-state index contributed by atoms with van der Waals surface area (Å²) in [6.45, 7) is 5.45. The van der Waals surface area contributed by atoms with E-state index in [4.69, 9.17) is 32.7 Å². The van der Waals surface area contributed by atoms with Crippen LogP contribution in [0.25, 0.3) is 0 Å². The maximum absolute atomic E-state index is 11.5. The molecule has 0 aliphatic heterocycles. The third-order valence-corrected chi connectivity index (χ3v) is 5.20. The van der Waals surface area contributed by atoms with Crippen LogP contribution in [-0.2, 0) is 45.5 Å². The minimum atomic E-state index is -0.856. The van der Waals surface area contributed by atoms with Gasteiger partial charge in [-0.3, -0.25) is 14.4 Å². The highest BCUT2D eigenvalue weighted by atomic mass is 17.1. The van der Waals surface area contributed by atoms with Gasteiger partial charge in [-0.05, 0) is 41.5 Å². The van der Waals surface area contributed by atoms with E-state index in [0.29, 0.717) is 58.3 Å². The van der Waals surface area contributed by atoms with Crippen LogP contribution in [0.4, 0.5) is 0 Å². The van der Waals surface area contributed by atoms with Gasteiger partial charge in [0.05, 0.1) is 0 Å². The molecule has 0 fully saturated rings. The molecule has 0 unspecified atom stereocenters. The molecule has 12 nitrogen and oxygen atoms in total. The maximum Gasteiger partial charge on any atom is 0.303 e. The number of benzene rings is 2. The number of hydrogen-bond acceptors (Lipinski definition) is 8. The van der Waals surface area contributed by atoms with Crippen molar-refractivity contribution in [2.24, 2.45) is 17.2 Å². The molecule has 41 heavy (non-hydrogen) atoms. The van der Waals surface area contributed by atoms with Crippen molar-refractivity contribution in [2.45, 2.75) is 78.6 Å². The first-order valence-electron chi connectivity index (χ1n) is 12.6. The van der Waals surface area contributed by atoms with Gasteiger partial charge in [-0.25, -0.2) is 5.26 Å². The topological polar surface area (TPSA) is 243 Å². The molecule has 0 aromatic heterocycles. The van der Waals surface area contributed by atoms with Gasteiger partial charge < -0.3 is 43.1 Å². The van der Waals surface area contributed by atoms with Gasteiger partial charge in [0.15, 0.2) is 0 Å². The Morgan fingerprint density at radius 2 is 1.15 bits per heavy atom. The number of amides is 1. The van der Waals surface area contributed by atoms with Crippen LogP contribution in [-0.4, -0.2) is 38.8 Å². The van der Waals surface area contributed by atoms with E-state index in [0.717, 1.165) is 22.3 Å². The summed E-state index contributed by atoms with van der Waals surface area (Å²) < 4.78 is 0. The van der Waals surface area contributed by atoms with Crippen LogP contribution in [0, 0.1) is 0 Å². The second kappa shape index (κ2) is 26.4. The molecule has 2 aromatic rings. The van der Waals surface area contributed by atoms with Crippen molar-refractivity contribution in [1.29, 1.82) is 0 Å². The van der Waals surface area contributed by atoms with E-state index in [-0.39, 0.29) is 37.4 Å². The lowest BCUT2D eigenvalue weighted by molar-refractivity contribution is -0.205. The number of carbonyl (C=O) groups excluding carboxylic acids is 1. The summed E-state index contributed by atoms with van der Waals surface area (Å²) in [5.41, 5.74) is 20.7. The fourth-order valence-electron chi connectivity index (χ4n) is 3.08. The van der Waals surface area contributed by atoms with Crippen molar-refractivity contribution >= 4 is 17.8 Å². The third kappa shape index (κ3) is 23.8. The average Bonchev–Trinajstić information content (AvgIpc) is 2.94. The van der Waals surface area contributed by atoms with E-state index in [9.17, 15) is 14.4 Å². The SMILES string of the molecule is C.C=C(CCCC(=O)O)OO.NCc1cccc(CN)c1.NCc1cccc(CNC(=O)CCCCC(=O)O)c1.O. The predicted molar refractivity (Wildman–Crippen MR) is 159 cm³/mol. The van der Waals surface area contributed by atoms with Crippen LogP contribution in [0.15, 0.2) is 60.9 Å². The molecule has 0 spiro atoms. The first-order valence-corrected chi connectivity index (χ1v) is 12.6. The Morgan fingerprint density at radius 1 is 0.732 bits per heavy atom. The molecule has 12 N–H and O–H groups in total. The highest BCUT2D eigenvalue weighted by Gasteiger charge is 2.03. The van der Waals surface area contributed by atoms with E-state index in [1.54, 1.807) is 0 Å². The van der Waals surface area contributed by atoms with Crippen molar-refractivity contribution in [3.63, 3.8) is 0 Å². The second-order valence-corrected chi connectivity index (χ2v) is 8.51. The molecule has 2 aromatic carbocycles. The smallest absolute Gasteiger partial charge is 0.303 e. The lowest BCUT2D eigenvalue weighted by atomic mass is 10.1. The van der Waals surface area contributed by atoms with Crippen LogP contribution >= 0.6 is 0 Å². The molecule has 0 saturated carbocycles. The zero-order chi connectivity index (χ0) is 29.5. The third-order valence-electron chi connectivity index (χ3n) is 5.20. The number of carbonyl (C=O) groups is 3. The van der Waals surface area contributed by atoms with Crippen LogP contribution in [0.1, 0.15) is 74.6 Å². The number of nitrogens with one attached hydrogen (secondary N) is 1. The normalized spacial score (nSPS) is 9.27. The minimum Gasteiger partial charge on any atom is -0.481 e. The number of rotatable bonds is 15. The van der Waals surface area contributed by atoms with Crippen LogP contribution in [0.2, 0.25) is 0 Å². The Kier molecular flexibility index (Phi) is 26.8. The number of nitrogens with two attached hydrogens (primary N) is 3. The van der Waals surface area contributed by atoms with E-state index in [2.05, 4.69) is 16.8 Å². The summed E-state index contributed by atoms with van der Waals surface area (Å²) in [6, 6.07) is 15.8. The molecule has 0 bridgehead atoms. The summed E-state index contributed by atoms with van der Waals surface area (Å²) in [5.74, 6) is -1.53. The predicted octanol–water partition coefficient (Wildman–Crippen LogP) is 3.07. The van der Waals surface area contributed by atoms with Gasteiger partial charge in [-0.2, -0.15) is 0 Å². The molecule has 1 amide bonds. The van der Waals surface area contributed by atoms with E-state index < -0.39 is 11.9 Å². The molecule has 0 aliphatic rings. The Bertz CT molecular complexity index is 999. The Balaban J connectivity index is -0.000000561. The number of carboxylic acids is 2. The molecule has 0 heterocycles. The molecule has 0 radical (unpaired) electrons. The van der Waals surface area contributed by atoms with Crippen LogP contribution in [0.3, 0.4) is 0 Å². The number of unbranched alkanes of at least 4 members (excludes halogenated alkanes) is 1. The molecular weight excluding hydrogens is 532 g/mol. The quantitative estimate of drug-likeness (QED) is 0.0702. The zero-order valence-electron chi connectivity index (χ0n) is 22.8. The Hall–Kier alpha value is -3.81. The van der Waals surface area contributed by atoms with Gasteiger partial charge in [0, 0.05) is 51.9 Å². The van der Waals surface area contributed by atoms with Crippen LogP contribution in [0.5, 0.6) is 0 Å². The highest BCUT2D eigenvalue weighted by molar-refractivity contribution is 5.75. The summed E-state index contributed by atoms with van der Waals surface area (Å²) in [6.07, 6.45) is 2.50. The molecule has 12 heteroatoms. The number of allylic oxidation sites excluding steroid dienone is 1. The standard InChI is InChI=1S/C14H20N2O3.C8H12N2.C6H10O4.CH4.H2O/c15-9-11-4-3-5-12(8-11)10-16-13(17)6-1-2-7-14(18)19;9-5-7-2-1-3-8(4-7)6-10;1-5(10-9)3-2-4-6(7)8;;/h3-5,8H,1-2,6-7,9-10,15H2,(H,16,17)(H,18,19);1-4H,5-6,9-10H2;9H,1-4H2,(H,7,8);1H4;1H2. The molecule has 0 aliphatic carbocycles. The Labute approximate surface area is 242 Å². The number of hydrogen-bond donors (Lipinski definition) is 7. The number of aliphatic carboxylic acids is 2. The fourth-order valence-corrected chi connectivity index (χ4v) is 3.08. The zero-order valence-corrected chi connectivity index (χ0v) is 22.8. The molecular formula is C29H48N4O8. The molecule has 0 atom stereocenters. The molecule has 232 valence electrons. The van der Waals surface area contributed by atoms with Gasteiger partial charge >= 0.3 is 11.9 Å². The monoisotopic (exact) mass is 580 g/mol. The molecule has 2 rings (SSSR count). The summed E-state index contributed by atoms with van der Waals surface area (Å²) >= 11 is 0. The molecule has 0 saturated heterocycles. The number of carboxylic acid groups (broad SMARTS) is 2. The maximum atomic E-state index is 11.5. The summed E-state index contributed by atoms with van der Waals surface area (Å²) in [4.78, 5) is 35.5. The second-order valence-electron chi connectivity index (χ2n) is 8.51. The van der Waals surface area contributed by atoms with Crippen molar-refractivity contribution in [3.8, 4) is 0 Å². The first kappa shape index (κ1) is 41.7. The van der Waals surface area contributed by atoms with E-state index in [1.165, 1.54) is 0 Å². The lowest BCUT2D eigenvalue weighted by Crippen LogP contribution is -2.22. The first-order chi connectivity index (χ1) is 18.6. The van der Waals surface area contributed by atoms with Crippen molar-refractivity contribution in [2.75, 3.05) is 0 Å². The van der Waals surface area contributed by atoms with Gasteiger partial charge in [0.25, 0.3) is 0 Å². The summed E-state index contributed by atoms with van der Waals surface area (Å²) in [5, 5.41) is 27.4. The van der Waals surface area contributed by atoms with E-state index in [1.807, 2.05) is 48.5 Å². The Morgan fingerprint density at radius 3 is 1.59 bits per heavy atom.